The highest BCUT2D eigenvalue weighted by molar-refractivity contribution is 7.92. The number of aryl methyl sites for hydroxylation is 1. The van der Waals surface area contributed by atoms with E-state index in [9.17, 15) is 23.3 Å². The molecule has 0 N–H and O–H groups in total. The molecule has 1 amide bonds. The van der Waals surface area contributed by atoms with Gasteiger partial charge in [0.2, 0.25) is 15.9 Å². The molecule has 3 rings (SSSR count). The number of hydrogen-bond donors (Lipinski definition) is 0. The molecule has 2 aromatic carbocycles. The molecule has 0 saturated carbocycles. The van der Waals surface area contributed by atoms with E-state index < -0.39 is 21.5 Å². The van der Waals surface area contributed by atoms with Crippen molar-refractivity contribution >= 4 is 44.6 Å². The number of amides is 1. The molecule has 0 spiro atoms. The summed E-state index contributed by atoms with van der Waals surface area (Å²) in [7, 11) is -3.82. The molecule has 0 bridgehead atoms. The average molecular weight is 467 g/mol. The number of carbonyl (C=O) groups excluding carboxylic acids is 1. The van der Waals surface area contributed by atoms with Crippen LogP contribution in [0.1, 0.15) is 5.56 Å². The van der Waals surface area contributed by atoms with Crippen LogP contribution >= 0.6 is 11.6 Å². The number of anilines is 2. The Hall–Kier alpha value is -2.85. The molecule has 11 heteroatoms. The second-order valence-corrected chi connectivity index (χ2v) is 9.69. The van der Waals surface area contributed by atoms with Gasteiger partial charge in [0.25, 0.3) is 5.69 Å². The molecule has 1 aliphatic rings. The molecular weight excluding hydrogens is 444 g/mol. The minimum Gasteiger partial charge on any atom is -0.368 e. The fourth-order valence-electron chi connectivity index (χ4n) is 3.50. The fraction of sp³-hybridized carbons (Fsp3) is 0.350. The quantitative estimate of drug-likeness (QED) is 0.479. The second kappa shape index (κ2) is 9.11. The monoisotopic (exact) mass is 466 g/mol. The third-order valence-electron chi connectivity index (χ3n) is 5.15. The number of nitro benzene ring substituents is 1. The minimum atomic E-state index is -3.82. The molecular formula is C20H23ClN4O5S. The summed E-state index contributed by atoms with van der Waals surface area (Å²) in [6.07, 6.45) is 0.971. The maximum atomic E-state index is 12.9. The number of nitro groups is 1. The van der Waals surface area contributed by atoms with Crippen molar-refractivity contribution in [1.82, 2.24) is 4.90 Å². The Morgan fingerprint density at radius 3 is 2.45 bits per heavy atom. The number of non-ortho nitro benzene ring substituents is 1. The summed E-state index contributed by atoms with van der Waals surface area (Å²) in [5.41, 5.74) is 1.93. The molecule has 0 atom stereocenters. The molecule has 1 saturated heterocycles. The van der Waals surface area contributed by atoms with E-state index in [1.165, 1.54) is 18.2 Å². The van der Waals surface area contributed by atoms with Gasteiger partial charge in [0.05, 0.1) is 16.9 Å². The number of benzene rings is 2. The van der Waals surface area contributed by atoms with Crippen LogP contribution in [0.5, 0.6) is 0 Å². The Morgan fingerprint density at radius 1 is 1.16 bits per heavy atom. The van der Waals surface area contributed by atoms with Crippen LogP contribution in [0.15, 0.2) is 42.5 Å². The largest absolute Gasteiger partial charge is 0.368 e. The number of sulfonamides is 1. The van der Waals surface area contributed by atoms with E-state index >= 15 is 0 Å². The number of nitrogens with zero attached hydrogens (tertiary/aromatic N) is 4. The number of rotatable bonds is 6. The molecule has 1 heterocycles. The highest BCUT2D eigenvalue weighted by Gasteiger charge is 2.27. The predicted molar refractivity (Wildman–Crippen MR) is 120 cm³/mol. The van der Waals surface area contributed by atoms with Crippen molar-refractivity contribution in [3.8, 4) is 0 Å². The Kier molecular flexibility index (Phi) is 6.71. The molecule has 1 aliphatic heterocycles. The van der Waals surface area contributed by atoms with E-state index in [4.69, 9.17) is 11.6 Å². The summed E-state index contributed by atoms with van der Waals surface area (Å²) >= 11 is 6.11. The lowest BCUT2D eigenvalue weighted by molar-refractivity contribution is -0.384. The molecule has 0 aliphatic carbocycles. The molecule has 2 aromatic rings. The predicted octanol–water partition coefficient (Wildman–Crippen LogP) is 2.67. The SMILES string of the molecule is Cc1ccc(Cl)cc1N1CCN(C(=O)CN(c2cccc([N+](=O)[O-])c2)S(C)(=O)=O)CC1. The zero-order valence-corrected chi connectivity index (χ0v) is 18.8. The molecule has 0 aromatic heterocycles. The molecule has 0 unspecified atom stereocenters. The van der Waals surface area contributed by atoms with Gasteiger partial charge in [-0.2, -0.15) is 0 Å². The summed E-state index contributed by atoms with van der Waals surface area (Å²) in [5.74, 6) is -0.362. The Bertz CT molecular complexity index is 1100. The lowest BCUT2D eigenvalue weighted by Gasteiger charge is -2.37. The zero-order valence-electron chi connectivity index (χ0n) is 17.2. The van der Waals surface area contributed by atoms with Crippen molar-refractivity contribution in [3.63, 3.8) is 0 Å². The average Bonchev–Trinajstić information content (AvgIpc) is 2.73. The smallest absolute Gasteiger partial charge is 0.271 e. The zero-order chi connectivity index (χ0) is 22.8. The number of carbonyl (C=O) groups is 1. The van der Waals surface area contributed by atoms with Crippen LogP contribution in [0.3, 0.4) is 0 Å². The number of piperazine rings is 1. The van der Waals surface area contributed by atoms with E-state index in [0.29, 0.717) is 31.2 Å². The topological polar surface area (TPSA) is 104 Å². The van der Waals surface area contributed by atoms with E-state index in [-0.39, 0.29) is 17.3 Å². The van der Waals surface area contributed by atoms with Gasteiger partial charge in [0, 0.05) is 49.0 Å². The first-order valence-corrected chi connectivity index (χ1v) is 11.8. The highest BCUT2D eigenvalue weighted by atomic mass is 35.5. The Balaban J connectivity index is 1.71. The summed E-state index contributed by atoms with van der Waals surface area (Å²) in [6, 6.07) is 10.9. The van der Waals surface area contributed by atoms with Crippen molar-refractivity contribution in [3.05, 3.63) is 63.2 Å². The van der Waals surface area contributed by atoms with Gasteiger partial charge in [-0.25, -0.2) is 8.42 Å². The summed E-state index contributed by atoms with van der Waals surface area (Å²) in [6.45, 7) is 3.60. The lowest BCUT2D eigenvalue weighted by Crippen LogP contribution is -2.52. The maximum absolute atomic E-state index is 12.9. The minimum absolute atomic E-state index is 0.0817. The highest BCUT2D eigenvalue weighted by Crippen LogP contribution is 2.26. The van der Waals surface area contributed by atoms with Crippen LogP contribution in [-0.4, -0.2) is 63.1 Å². The fourth-order valence-corrected chi connectivity index (χ4v) is 4.51. The van der Waals surface area contributed by atoms with Crippen molar-refractivity contribution in [1.29, 1.82) is 0 Å². The van der Waals surface area contributed by atoms with E-state index in [1.54, 1.807) is 4.90 Å². The summed E-state index contributed by atoms with van der Waals surface area (Å²) in [5, 5.41) is 11.7. The van der Waals surface area contributed by atoms with Crippen LogP contribution in [0.25, 0.3) is 0 Å². The number of halogens is 1. The van der Waals surface area contributed by atoms with Gasteiger partial charge in [0.15, 0.2) is 0 Å². The van der Waals surface area contributed by atoms with Gasteiger partial charge in [-0.15, -0.1) is 0 Å². The lowest BCUT2D eigenvalue weighted by atomic mass is 10.1. The van der Waals surface area contributed by atoms with E-state index in [2.05, 4.69) is 4.90 Å². The van der Waals surface area contributed by atoms with Crippen molar-refractivity contribution < 1.29 is 18.1 Å². The first kappa shape index (κ1) is 22.8. The van der Waals surface area contributed by atoms with Gasteiger partial charge < -0.3 is 9.80 Å². The normalized spacial score (nSPS) is 14.4. The molecule has 166 valence electrons. The van der Waals surface area contributed by atoms with Crippen LogP contribution in [0, 0.1) is 17.0 Å². The second-order valence-electron chi connectivity index (χ2n) is 7.35. The van der Waals surface area contributed by atoms with Gasteiger partial charge in [-0.05, 0) is 30.7 Å². The summed E-state index contributed by atoms with van der Waals surface area (Å²) in [4.78, 5) is 27.0. The maximum Gasteiger partial charge on any atom is 0.271 e. The van der Waals surface area contributed by atoms with Crippen LogP contribution < -0.4 is 9.21 Å². The van der Waals surface area contributed by atoms with Gasteiger partial charge in [0.1, 0.15) is 6.54 Å². The molecule has 31 heavy (non-hydrogen) atoms. The molecule has 1 fully saturated rings. The standard InChI is InChI=1S/C20H23ClN4O5S/c1-15-6-7-16(21)12-19(15)22-8-10-23(11-9-22)20(26)14-24(31(2,29)30)17-4-3-5-18(13-17)25(27)28/h3-7,12-13H,8-11,14H2,1-2H3. The van der Waals surface area contributed by atoms with E-state index in [1.807, 2.05) is 25.1 Å². The number of hydrogen-bond acceptors (Lipinski definition) is 6. The van der Waals surface area contributed by atoms with Crippen molar-refractivity contribution in [2.75, 3.05) is 48.2 Å². The van der Waals surface area contributed by atoms with E-state index in [0.717, 1.165) is 27.9 Å². The van der Waals surface area contributed by atoms with Crippen LogP contribution in [0.4, 0.5) is 17.1 Å². The van der Waals surface area contributed by atoms with Gasteiger partial charge >= 0.3 is 0 Å². The molecule has 9 nitrogen and oxygen atoms in total. The summed E-state index contributed by atoms with van der Waals surface area (Å²) < 4.78 is 25.5. The van der Waals surface area contributed by atoms with Crippen LogP contribution in [-0.2, 0) is 14.8 Å². The van der Waals surface area contributed by atoms with Gasteiger partial charge in [-0.3, -0.25) is 19.2 Å². The third kappa shape index (κ3) is 5.45. The first-order valence-electron chi connectivity index (χ1n) is 9.57. The van der Waals surface area contributed by atoms with Crippen molar-refractivity contribution in [2.24, 2.45) is 0 Å². The van der Waals surface area contributed by atoms with Crippen LogP contribution in [0.2, 0.25) is 5.02 Å². The third-order valence-corrected chi connectivity index (χ3v) is 6.53. The Morgan fingerprint density at radius 2 is 1.84 bits per heavy atom. The Labute approximate surface area is 186 Å². The van der Waals surface area contributed by atoms with Gasteiger partial charge in [-0.1, -0.05) is 23.7 Å². The van der Waals surface area contributed by atoms with Crippen molar-refractivity contribution in [2.45, 2.75) is 6.92 Å². The molecule has 0 radical (unpaired) electrons. The first-order chi connectivity index (χ1) is 14.6.